The maximum Gasteiger partial charge on any atom is 0.194 e. The molecule has 214 valence electrons. The second kappa shape index (κ2) is 15.9. The molecule has 0 aliphatic heterocycles. The van der Waals surface area contributed by atoms with Crippen LogP contribution < -0.4 is 5.73 Å². The smallest absolute Gasteiger partial charge is 0.194 e. The van der Waals surface area contributed by atoms with Crippen LogP contribution in [-0.2, 0) is 12.8 Å². The van der Waals surface area contributed by atoms with E-state index in [-0.39, 0.29) is 30.4 Å². The monoisotopic (exact) mass is 567 g/mol. The Balaban J connectivity index is 0.000000189. The van der Waals surface area contributed by atoms with Gasteiger partial charge < -0.3 is 5.73 Å². The van der Waals surface area contributed by atoms with Crippen LogP contribution in [0.5, 0.6) is 0 Å². The van der Waals surface area contributed by atoms with Crippen LogP contribution in [0.2, 0.25) is 0 Å². The number of pyridine rings is 2. The van der Waals surface area contributed by atoms with E-state index in [0.717, 1.165) is 18.3 Å². The van der Waals surface area contributed by atoms with Crippen LogP contribution in [0.1, 0.15) is 29.0 Å². The van der Waals surface area contributed by atoms with Crippen LogP contribution in [0.15, 0.2) is 109 Å². The summed E-state index contributed by atoms with van der Waals surface area (Å²) >= 11 is 0. The number of hydrogen-bond donors (Lipinski definition) is 3. The Labute approximate surface area is 242 Å². The fourth-order valence-corrected chi connectivity index (χ4v) is 3.67. The largest absolute Gasteiger partial charge is 0.380 e. The molecule has 8 nitrogen and oxygen atoms in total. The molecule has 4 N–H and O–H groups in total. The first kappa shape index (κ1) is 31.0. The van der Waals surface area contributed by atoms with Crippen LogP contribution in [-0.4, -0.2) is 36.6 Å². The van der Waals surface area contributed by atoms with Crippen molar-refractivity contribution in [3.63, 3.8) is 0 Å². The van der Waals surface area contributed by atoms with E-state index in [9.17, 15) is 13.6 Å². The van der Waals surface area contributed by atoms with Crippen LogP contribution in [0, 0.1) is 11.6 Å². The molecule has 10 heteroatoms. The summed E-state index contributed by atoms with van der Waals surface area (Å²) < 4.78 is 27.5. The zero-order chi connectivity index (χ0) is 28.9. The molecular formula is C32H31F2N7O. The molecular weight excluding hydrogens is 536 g/mol. The number of aldehydes is 1. The van der Waals surface area contributed by atoms with Gasteiger partial charge in [-0.05, 0) is 42.7 Å². The van der Waals surface area contributed by atoms with Crippen molar-refractivity contribution in [2.24, 2.45) is 0 Å². The highest BCUT2D eigenvalue weighted by atomic mass is 19.1. The third kappa shape index (κ3) is 8.49. The number of benzene rings is 2. The number of carbonyl (C=O) groups is 1. The average Bonchev–Trinajstić information content (AvgIpc) is 3.58. The number of aryl methyl sites for hydroxylation is 2. The van der Waals surface area contributed by atoms with Gasteiger partial charge in [0.1, 0.15) is 17.7 Å². The predicted molar refractivity (Wildman–Crippen MR) is 160 cm³/mol. The minimum atomic E-state index is -0.557. The van der Waals surface area contributed by atoms with E-state index in [4.69, 9.17) is 5.73 Å². The maximum atomic E-state index is 14.3. The van der Waals surface area contributed by atoms with Crippen molar-refractivity contribution in [1.29, 1.82) is 0 Å². The van der Waals surface area contributed by atoms with Gasteiger partial charge >= 0.3 is 0 Å². The number of nitrogens with two attached hydrogens (primary N) is 1. The van der Waals surface area contributed by atoms with E-state index in [1.807, 2.05) is 54.6 Å². The Morgan fingerprint density at radius 2 is 1.29 bits per heavy atom. The number of carbonyl (C=O) groups excluding carboxylic acids is 1. The predicted octanol–water partition coefficient (Wildman–Crippen LogP) is 6.72. The maximum absolute atomic E-state index is 14.3. The van der Waals surface area contributed by atoms with E-state index >= 15 is 0 Å². The summed E-state index contributed by atoms with van der Waals surface area (Å²) in [6, 6.07) is 29.7. The number of anilines is 1. The van der Waals surface area contributed by atoms with E-state index in [0.29, 0.717) is 23.5 Å². The van der Waals surface area contributed by atoms with Crippen molar-refractivity contribution >= 4 is 12.1 Å². The zero-order valence-electron chi connectivity index (χ0n) is 21.9. The van der Waals surface area contributed by atoms with Crippen molar-refractivity contribution in [2.45, 2.75) is 20.3 Å². The summed E-state index contributed by atoms with van der Waals surface area (Å²) in [4.78, 5) is 18.1. The number of hydrogen-bond acceptors (Lipinski definition) is 6. The minimum absolute atomic E-state index is 0. The molecule has 6 aromatic rings. The molecule has 0 saturated heterocycles. The van der Waals surface area contributed by atoms with Gasteiger partial charge in [0.15, 0.2) is 17.5 Å². The van der Waals surface area contributed by atoms with Crippen molar-refractivity contribution in [3.05, 3.63) is 138 Å². The molecule has 0 fully saturated rings. The Kier molecular flexibility index (Phi) is 11.8. The number of nitrogen functional groups attached to an aromatic ring is 1. The molecule has 0 atom stereocenters. The summed E-state index contributed by atoms with van der Waals surface area (Å²) in [7, 11) is 0. The first-order chi connectivity index (χ1) is 20.1. The van der Waals surface area contributed by atoms with Gasteiger partial charge in [0.25, 0.3) is 0 Å². The van der Waals surface area contributed by atoms with Gasteiger partial charge in [0.2, 0.25) is 0 Å². The molecule has 0 amide bonds. The fourth-order valence-electron chi connectivity index (χ4n) is 3.67. The van der Waals surface area contributed by atoms with Crippen molar-refractivity contribution in [3.8, 4) is 22.8 Å². The number of nitrogens with zero attached hydrogens (tertiary/aromatic N) is 4. The first-order valence-electron chi connectivity index (χ1n) is 12.7. The molecule has 0 bridgehead atoms. The fraction of sp³-hybridized carbons (Fsp3) is 0.0938. The second-order valence-corrected chi connectivity index (χ2v) is 8.61. The molecule has 0 radical (unpaired) electrons. The van der Waals surface area contributed by atoms with Crippen LogP contribution >= 0.6 is 0 Å². The van der Waals surface area contributed by atoms with E-state index in [1.54, 1.807) is 54.9 Å². The molecule has 2 aromatic carbocycles. The third-order valence-corrected chi connectivity index (χ3v) is 5.78. The highest BCUT2D eigenvalue weighted by Crippen LogP contribution is 2.21. The molecule has 4 heterocycles. The lowest BCUT2D eigenvalue weighted by molar-refractivity contribution is 0.112. The Hall–Kier alpha value is -5.51. The van der Waals surface area contributed by atoms with Gasteiger partial charge in [-0.15, -0.1) is 0 Å². The normalized spacial score (nSPS) is 9.86. The molecule has 42 heavy (non-hydrogen) atoms. The van der Waals surface area contributed by atoms with Crippen LogP contribution in [0.4, 0.5) is 14.6 Å². The number of aromatic nitrogens is 6. The minimum Gasteiger partial charge on any atom is -0.380 e. The quantitative estimate of drug-likeness (QED) is 0.192. The highest BCUT2D eigenvalue weighted by molar-refractivity contribution is 5.74. The number of nitrogens with one attached hydrogen (secondary N) is 2. The van der Waals surface area contributed by atoms with Gasteiger partial charge in [-0.2, -0.15) is 10.2 Å². The topological polar surface area (TPSA) is 126 Å². The third-order valence-electron chi connectivity index (χ3n) is 5.78. The number of H-pyrrole nitrogens is 2. The summed E-state index contributed by atoms with van der Waals surface area (Å²) in [5, 5.41) is 12.8. The number of rotatable bonds is 6. The first-order valence-corrected chi connectivity index (χ1v) is 12.7. The average molecular weight is 568 g/mol. The van der Waals surface area contributed by atoms with E-state index in [2.05, 4.69) is 30.4 Å². The van der Waals surface area contributed by atoms with Crippen molar-refractivity contribution in [2.75, 3.05) is 5.73 Å². The summed E-state index contributed by atoms with van der Waals surface area (Å²) in [5.41, 5.74) is 9.21. The van der Waals surface area contributed by atoms with E-state index < -0.39 is 5.82 Å². The zero-order valence-corrected chi connectivity index (χ0v) is 21.9. The molecule has 4 aromatic heterocycles. The van der Waals surface area contributed by atoms with Gasteiger partial charge in [0, 0.05) is 18.0 Å². The second-order valence-electron chi connectivity index (χ2n) is 8.61. The molecule has 0 unspecified atom stereocenters. The Morgan fingerprint density at radius 1 is 0.690 bits per heavy atom. The van der Waals surface area contributed by atoms with E-state index in [1.165, 1.54) is 5.56 Å². The molecule has 0 aliphatic carbocycles. The summed E-state index contributed by atoms with van der Waals surface area (Å²) in [5.74, 6) is -1.00. The summed E-state index contributed by atoms with van der Waals surface area (Å²) in [6.45, 7) is 0. The van der Waals surface area contributed by atoms with Gasteiger partial charge in [0.05, 0.1) is 17.1 Å². The Morgan fingerprint density at radius 3 is 1.81 bits per heavy atom. The van der Waals surface area contributed by atoms with Crippen LogP contribution in [0.3, 0.4) is 0 Å². The van der Waals surface area contributed by atoms with Crippen molar-refractivity contribution in [1.82, 2.24) is 30.4 Å². The van der Waals surface area contributed by atoms with Gasteiger partial charge in [-0.3, -0.25) is 25.0 Å². The lowest BCUT2D eigenvalue weighted by atomic mass is 10.1. The lowest BCUT2D eigenvalue weighted by Crippen LogP contribution is -1.94. The molecule has 0 saturated carbocycles. The van der Waals surface area contributed by atoms with Crippen LogP contribution in [0.25, 0.3) is 22.8 Å². The standard InChI is InChI=1S/C16H14FN3.C8H7FN4.C7H6O.CH4/c17-15-13(10-9-12-6-2-1-3-7-12)19-20-16(15)14-8-4-5-11-18-14;9-6-7(12-13-8(6)10)5-3-1-2-4-11-5;8-6-7-4-2-1-3-5-7;/h1-8,11H,9-10H2,(H,19,20);1-4H,(H3,10,12,13);1-6H;1H4. The lowest BCUT2D eigenvalue weighted by Gasteiger charge is -1.99. The summed E-state index contributed by atoms with van der Waals surface area (Å²) in [6.07, 6.45) is 5.41. The molecule has 0 aliphatic rings. The number of aromatic amines is 2. The SMILES string of the molecule is C.Fc1c(-c2ccccn2)n[nH]c1CCc1ccccc1.Nc1n[nH]c(-c2ccccn2)c1F.O=Cc1ccccc1. The number of halogens is 2. The van der Waals surface area contributed by atoms with Gasteiger partial charge in [-0.25, -0.2) is 8.78 Å². The highest BCUT2D eigenvalue weighted by Gasteiger charge is 2.15. The molecule has 6 rings (SSSR count). The van der Waals surface area contributed by atoms with Gasteiger partial charge in [-0.1, -0.05) is 80.2 Å². The Bertz CT molecular complexity index is 1630. The van der Waals surface area contributed by atoms with Crippen molar-refractivity contribution < 1.29 is 13.6 Å². The molecule has 0 spiro atoms.